The molecule has 0 saturated carbocycles. The van der Waals surface area contributed by atoms with E-state index in [4.69, 9.17) is 28.4 Å². The van der Waals surface area contributed by atoms with Crippen LogP contribution < -0.4 is 0 Å². The van der Waals surface area contributed by atoms with Gasteiger partial charge in [0.05, 0.1) is 25.2 Å². The number of aliphatic hydroxyl groups is 2. The molecule has 12 nitrogen and oxygen atoms in total. The van der Waals surface area contributed by atoms with E-state index in [1.54, 1.807) is 30.3 Å². The van der Waals surface area contributed by atoms with Crippen LogP contribution in [0.4, 0.5) is 0 Å². The molecule has 1 aromatic heterocycles. The summed E-state index contributed by atoms with van der Waals surface area (Å²) in [4.78, 5) is 29.4. The van der Waals surface area contributed by atoms with Crippen molar-refractivity contribution in [3.05, 3.63) is 59.7 Å². The highest BCUT2D eigenvalue weighted by atomic mass is 16.7. The summed E-state index contributed by atoms with van der Waals surface area (Å²) < 4.78 is 38.1. The lowest BCUT2D eigenvalue weighted by Gasteiger charge is -2.41. The first-order valence-corrected chi connectivity index (χ1v) is 16.2. The van der Waals surface area contributed by atoms with Gasteiger partial charge in [-0.3, -0.25) is 4.79 Å². The molecular weight excluding hydrogens is 608 g/mol. The van der Waals surface area contributed by atoms with Gasteiger partial charge in [0.25, 0.3) is 0 Å². The van der Waals surface area contributed by atoms with Crippen LogP contribution in [0.3, 0.4) is 0 Å². The normalized spacial score (nSPS) is 38.2. The number of nitrogens with zero attached hydrogens (tertiary/aromatic N) is 2. The molecule has 0 radical (unpaired) electrons. The second-order valence-corrected chi connectivity index (χ2v) is 13.6. The molecule has 1 aromatic rings. The molecule has 1 fully saturated rings. The molecule has 1 saturated heterocycles. The summed E-state index contributed by atoms with van der Waals surface area (Å²) in [5, 5.41) is 20.8. The Morgan fingerprint density at radius 3 is 2.66 bits per heavy atom. The number of ether oxygens (including phenoxy) is 6. The van der Waals surface area contributed by atoms with Crippen LogP contribution in [0.2, 0.25) is 0 Å². The van der Waals surface area contributed by atoms with E-state index in [0.717, 1.165) is 6.42 Å². The fraction of sp³-hybridized carbons (Fsp3) is 0.629. The number of hydrogen-bond acceptors (Lipinski definition) is 11. The number of aryl methyl sites for hydroxylation is 1. The van der Waals surface area contributed by atoms with E-state index < -0.39 is 54.0 Å². The van der Waals surface area contributed by atoms with Crippen molar-refractivity contribution in [2.45, 2.75) is 89.6 Å². The van der Waals surface area contributed by atoms with E-state index in [1.165, 1.54) is 18.6 Å². The zero-order valence-corrected chi connectivity index (χ0v) is 28.2. The van der Waals surface area contributed by atoms with Gasteiger partial charge in [0.15, 0.2) is 12.4 Å². The maximum absolute atomic E-state index is 13.3. The molecule has 10 atom stereocenters. The second kappa shape index (κ2) is 14.2. The topological polar surface area (TPSA) is 148 Å². The summed E-state index contributed by atoms with van der Waals surface area (Å²) >= 11 is 0. The summed E-state index contributed by atoms with van der Waals surface area (Å²) in [6, 6.07) is 0. The lowest BCUT2D eigenvalue weighted by Crippen LogP contribution is -2.55. The molecule has 0 unspecified atom stereocenters. The van der Waals surface area contributed by atoms with Gasteiger partial charge >= 0.3 is 11.9 Å². The number of hydrogen-bond donors (Lipinski definition) is 2. The first-order chi connectivity index (χ1) is 22.2. The number of allylic oxidation sites excluding steroid dienone is 3. The van der Waals surface area contributed by atoms with Gasteiger partial charge in [0, 0.05) is 38.9 Å². The van der Waals surface area contributed by atoms with Crippen molar-refractivity contribution in [2.75, 3.05) is 20.3 Å². The SMILES string of the molecule is CO[C@@]12C=C[C@@](C)(O1)[C@@H](OC(=O)/C=C/c1cn(C)cn1)C[C@H]1C(C)=CC[C@H](C(C)C)[C@H]1/C=C\2CO[C@H]1OC[C@@H](O)[C@@H](O)[C@@H]1OC(C)=O. The molecule has 5 rings (SSSR count). The molecule has 4 aliphatic rings. The van der Waals surface area contributed by atoms with Gasteiger partial charge in [-0.1, -0.05) is 31.6 Å². The Morgan fingerprint density at radius 2 is 2.00 bits per heavy atom. The molecule has 4 heterocycles. The summed E-state index contributed by atoms with van der Waals surface area (Å²) in [6.07, 6.45) is 10.3. The van der Waals surface area contributed by atoms with Gasteiger partial charge in [-0.05, 0) is 68.6 Å². The van der Waals surface area contributed by atoms with Gasteiger partial charge in [-0.2, -0.15) is 0 Å². The third-order valence-corrected chi connectivity index (χ3v) is 9.88. The maximum atomic E-state index is 13.3. The lowest BCUT2D eigenvalue weighted by atomic mass is 9.65. The highest BCUT2D eigenvalue weighted by molar-refractivity contribution is 5.86. The Morgan fingerprint density at radius 1 is 1.23 bits per heavy atom. The number of imidazole rings is 1. The maximum Gasteiger partial charge on any atom is 0.331 e. The van der Waals surface area contributed by atoms with Crippen LogP contribution in [0.25, 0.3) is 6.08 Å². The van der Waals surface area contributed by atoms with Crippen molar-refractivity contribution >= 4 is 18.0 Å². The van der Waals surface area contributed by atoms with Crippen LogP contribution in [-0.2, 0) is 45.1 Å². The van der Waals surface area contributed by atoms with Gasteiger partial charge < -0.3 is 43.2 Å². The van der Waals surface area contributed by atoms with Crippen LogP contribution in [0, 0.1) is 23.7 Å². The Balaban J connectivity index is 1.49. The summed E-state index contributed by atoms with van der Waals surface area (Å²) in [5.74, 6) is -1.90. The molecular formula is C35H48N2O10. The van der Waals surface area contributed by atoms with Crippen molar-refractivity contribution in [1.82, 2.24) is 9.55 Å². The van der Waals surface area contributed by atoms with E-state index in [0.29, 0.717) is 23.6 Å². The molecule has 1 aliphatic carbocycles. The Hall–Kier alpha value is -3.13. The number of rotatable bonds is 9. The number of fused-ring (bicyclic) bond motifs is 3. The highest BCUT2D eigenvalue weighted by Crippen LogP contribution is 2.49. The predicted octanol–water partition coefficient (Wildman–Crippen LogP) is 3.24. The molecule has 12 heteroatoms. The van der Waals surface area contributed by atoms with Crippen LogP contribution >= 0.6 is 0 Å². The van der Waals surface area contributed by atoms with Gasteiger partial charge in [-0.25, -0.2) is 9.78 Å². The average Bonchev–Trinajstić information content (AvgIpc) is 3.61. The van der Waals surface area contributed by atoms with E-state index in [9.17, 15) is 19.8 Å². The largest absolute Gasteiger partial charge is 0.456 e. The number of methoxy groups -OCH3 is 1. The van der Waals surface area contributed by atoms with Crippen molar-refractivity contribution in [3.63, 3.8) is 0 Å². The van der Waals surface area contributed by atoms with Crippen LogP contribution in [0.15, 0.2) is 54.1 Å². The minimum Gasteiger partial charge on any atom is -0.456 e. The number of carbonyl (C=O) groups excluding carboxylic acids is 2. The predicted molar refractivity (Wildman–Crippen MR) is 170 cm³/mol. The van der Waals surface area contributed by atoms with Crippen molar-refractivity contribution in [3.8, 4) is 0 Å². The fourth-order valence-corrected chi connectivity index (χ4v) is 7.17. The molecule has 3 aliphatic heterocycles. The summed E-state index contributed by atoms with van der Waals surface area (Å²) in [5.41, 5.74) is 1.43. The molecule has 0 amide bonds. The van der Waals surface area contributed by atoms with Crippen LogP contribution in [-0.4, -0.2) is 94.1 Å². The average molecular weight is 657 g/mol. The second-order valence-electron chi connectivity index (χ2n) is 13.6. The number of aromatic nitrogens is 2. The summed E-state index contributed by atoms with van der Waals surface area (Å²) in [6.45, 7) is 9.36. The Labute approximate surface area is 276 Å². The zero-order chi connectivity index (χ0) is 34.1. The standard InChI is InChI=1S/C35H48N2O10/c1-20(2)25-10-8-21(3)26-15-29(46-30(40)11-9-24-16-37(6)19-36-24)34(5)12-13-35(42-7,47-34)23(14-27(25)26)17-43-33-32(45-22(4)38)31(41)28(39)18-44-33/h8-9,11-14,16,19-20,25-29,31-33,39,41H,10,15,17-18H2,1-7H3/b11-9+,23-14-/t25-,26+,27-,28-,29+,31-,32+,33+,34-,35+/m1/s1. The van der Waals surface area contributed by atoms with Crippen molar-refractivity contribution < 1.29 is 48.2 Å². The molecule has 2 bridgehead atoms. The fourth-order valence-electron chi connectivity index (χ4n) is 7.17. The molecule has 2 N–H and O–H groups in total. The van der Waals surface area contributed by atoms with Crippen molar-refractivity contribution in [1.29, 1.82) is 0 Å². The Kier molecular flexibility index (Phi) is 10.6. The number of carbonyl (C=O) groups is 2. The minimum absolute atomic E-state index is 0.0137. The first-order valence-electron chi connectivity index (χ1n) is 16.2. The van der Waals surface area contributed by atoms with Gasteiger partial charge in [0.2, 0.25) is 5.79 Å². The molecule has 0 aromatic carbocycles. The summed E-state index contributed by atoms with van der Waals surface area (Å²) in [7, 11) is 3.40. The zero-order valence-electron chi connectivity index (χ0n) is 28.2. The number of aliphatic hydroxyl groups excluding tert-OH is 2. The third-order valence-electron chi connectivity index (χ3n) is 9.88. The minimum atomic E-state index is -1.39. The van der Waals surface area contributed by atoms with Crippen molar-refractivity contribution in [2.24, 2.45) is 30.7 Å². The molecule has 0 spiro atoms. The first kappa shape index (κ1) is 35.2. The van der Waals surface area contributed by atoms with E-state index in [1.807, 2.05) is 26.1 Å². The van der Waals surface area contributed by atoms with Crippen LogP contribution in [0.5, 0.6) is 0 Å². The van der Waals surface area contributed by atoms with E-state index in [-0.39, 0.29) is 31.0 Å². The van der Waals surface area contributed by atoms with E-state index >= 15 is 0 Å². The van der Waals surface area contributed by atoms with Crippen LogP contribution in [0.1, 0.15) is 53.2 Å². The van der Waals surface area contributed by atoms with Gasteiger partial charge in [-0.15, -0.1) is 0 Å². The smallest absolute Gasteiger partial charge is 0.331 e. The monoisotopic (exact) mass is 656 g/mol. The van der Waals surface area contributed by atoms with E-state index in [2.05, 4.69) is 37.9 Å². The lowest BCUT2D eigenvalue weighted by molar-refractivity contribution is -0.277. The van der Waals surface area contributed by atoms with Gasteiger partial charge in [0.1, 0.15) is 23.9 Å². The molecule has 258 valence electrons. The highest BCUT2D eigenvalue weighted by Gasteiger charge is 2.54. The number of esters is 2. The third kappa shape index (κ3) is 7.48. The Bertz CT molecular complexity index is 1430. The quantitative estimate of drug-likeness (QED) is 0.229. The molecule has 47 heavy (non-hydrogen) atoms.